The van der Waals surface area contributed by atoms with Crippen LogP contribution in [0.15, 0.2) is 64.3 Å². The van der Waals surface area contributed by atoms with Crippen molar-refractivity contribution < 1.29 is 18.4 Å². The van der Waals surface area contributed by atoms with E-state index in [1.807, 2.05) is 7.05 Å². The van der Waals surface area contributed by atoms with E-state index in [0.29, 0.717) is 19.7 Å². The van der Waals surface area contributed by atoms with Crippen LogP contribution in [-0.2, 0) is 22.3 Å². The molecule has 8 nitrogen and oxygen atoms in total. The molecule has 0 saturated heterocycles. The highest BCUT2D eigenvalue weighted by Gasteiger charge is 2.30. The monoisotopic (exact) mass is 500 g/mol. The lowest BCUT2D eigenvalue weighted by molar-refractivity contribution is -0.0127. The molecule has 0 aliphatic carbocycles. The van der Waals surface area contributed by atoms with Gasteiger partial charge in [-0.2, -0.15) is 0 Å². The molecule has 0 bridgehead atoms. The molecule has 37 heavy (non-hydrogen) atoms. The van der Waals surface area contributed by atoms with Crippen LogP contribution >= 0.6 is 0 Å². The lowest BCUT2D eigenvalue weighted by atomic mass is 9.87. The number of benzene rings is 2. The van der Waals surface area contributed by atoms with Gasteiger partial charge in [-0.15, -0.1) is 0 Å². The Bertz CT molecular complexity index is 1340. The third kappa shape index (κ3) is 4.62. The molecular weight excluding hydrogens is 468 g/mol. The summed E-state index contributed by atoms with van der Waals surface area (Å²) in [6.07, 6.45) is 9.92. The van der Waals surface area contributed by atoms with Crippen LogP contribution in [0.4, 0.5) is 0 Å². The first-order chi connectivity index (χ1) is 18.3. The summed E-state index contributed by atoms with van der Waals surface area (Å²) in [6.45, 7) is 1.82. The van der Waals surface area contributed by atoms with Crippen molar-refractivity contribution in [2.45, 2.75) is 44.0 Å². The summed E-state index contributed by atoms with van der Waals surface area (Å²) in [5.41, 5.74) is 15.3. The molecule has 4 aromatic rings. The lowest BCUT2D eigenvalue weighted by Crippen LogP contribution is -2.21. The quantitative estimate of drug-likeness (QED) is 0.384. The van der Waals surface area contributed by atoms with Gasteiger partial charge in [0.05, 0.1) is 30.7 Å². The molecule has 192 valence electrons. The maximum atomic E-state index is 6.88. The number of likely N-dealkylation sites (N-methyl/N-ethyl adjacent to an activating group) is 1. The maximum Gasteiger partial charge on any atom is 0.181 e. The zero-order chi connectivity index (χ0) is 25.2. The summed E-state index contributed by atoms with van der Waals surface area (Å²) in [7, 11) is 1.96. The zero-order valence-electron chi connectivity index (χ0n) is 21.0. The largest absolute Gasteiger partial charge is 0.444 e. The normalized spacial score (nSPS) is 21.6. The van der Waals surface area contributed by atoms with E-state index in [0.717, 1.165) is 59.3 Å². The number of nitrogens with one attached hydrogen (secondary N) is 1. The molecule has 0 radical (unpaired) electrons. The van der Waals surface area contributed by atoms with Gasteiger partial charge >= 0.3 is 0 Å². The van der Waals surface area contributed by atoms with Gasteiger partial charge in [0.1, 0.15) is 6.26 Å². The fourth-order valence-electron chi connectivity index (χ4n) is 5.79. The second-order valence-corrected chi connectivity index (χ2v) is 9.70. The zero-order valence-corrected chi connectivity index (χ0v) is 21.0. The first-order valence-electron chi connectivity index (χ1n) is 13.0. The Kier molecular flexibility index (Phi) is 6.89. The molecule has 1 unspecified atom stereocenters. The van der Waals surface area contributed by atoms with Crippen molar-refractivity contribution in [3.8, 4) is 22.5 Å². The number of oxazole rings is 1. The molecule has 2 aliphatic rings. The maximum absolute atomic E-state index is 6.88. The number of rotatable bonds is 6. The van der Waals surface area contributed by atoms with Crippen LogP contribution in [-0.4, -0.2) is 36.9 Å². The van der Waals surface area contributed by atoms with Crippen molar-refractivity contribution >= 4 is 0 Å². The summed E-state index contributed by atoms with van der Waals surface area (Å²) in [6, 6.07) is 10.8. The highest BCUT2D eigenvalue weighted by Crippen LogP contribution is 2.43. The fourth-order valence-corrected chi connectivity index (χ4v) is 5.79. The van der Waals surface area contributed by atoms with Crippen LogP contribution in [0.25, 0.3) is 22.5 Å². The molecule has 4 heterocycles. The van der Waals surface area contributed by atoms with Crippen molar-refractivity contribution in [3.63, 3.8) is 0 Å². The van der Waals surface area contributed by atoms with Gasteiger partial charge in [-0.3, -0.25) is 0 Å². The Hall–Kier alpha value is -3.30. The molecule has 3 atom stereocenters. The minimum atomic E-state index is -0.148. The van der Waals surface area contributed by atoms with Gasteiger partial charge < -0.3 is 29.5 Å². The van der Waals surface area contributed by atoms with E-state index in [4.69, 9.17) is 24.1 Å². The predicted molar refractivity (Wildman–Crippen MR) is 139 cm³/mol. The summed E-state index contributed by atoms with van der Waals surface area (Å²) < 4.78 is 23.9. The topological polar surface area (TPSA) is 109 Å². The molecule has 3 N–H and O–H groups in total. The Morgan fingerprint density at radius 1 is 1.05 bits per heavy atom. The van der Waals surface area contributed by atoms with Gasteiger partial charge in [-0.1, -0.05) is 29.4 Å². The van der Waals surface area contributed by atoms with Crippen molar-refractivity contribution in [3.05, 3.63) is 83.2 Å². The third-order valence-electron chi connectivity index (χ3n) is 7.50. The SMILES string of the molecule is CNC[C@@H]1OC(c2cc(-c3cnoc3)c3c(c2)[C@@H](CN)OCCC3)CCc2c(-c3cnco3)cccc21. The van der Waals surface area contributed by atoms with E-state index < -0.39 is 0 Å². The smallest absolute Gasteiger partial charge is 0.181 e. The first-order valence-corrected chi connectivity index (χ1v) is 13.0. The van der Waals surface area contributed by atoms with Gasteiger partial charge in [0.2, 0.25) is 0 Å². The summed E-state index contributed by atoms with van der Waals surface area (Å²) >= 11 is 0. The molecule has 2 aromatic carbocycles. The van der Waals surface area contributed by atoms with Crippen LogP contribution in [0.2, 0.25) is 0 Å². The number of nitrogens with zero attached hydrogens (tertiary/aromatic N) is 2. The second-order valence-electron chi connectivity index (χ2n) is 9.70. The lowest BCUT2D eigenvalue weighted by Gasteiger charge is -2.26. The molecule has 6 rings (SSSR count). The average molecular weight is 501 g/mol. The number of aromatic nitrogens is 2. The summed E-state index contributed by atoms with van der Waals surface area (Å²) in [5, 5.41) is 7.30. The number of nitrogens with two attached hydrogens (primary N) is 1. The van der Waals surface area contributed by atoms with Crippen LogP contribution in [0, 0.1) is 0 Å². The summed E-state index contributed by atoms with van der Waals surface area (Å²) in [5.74, 6) is 0.779. The average Bonchev–Trinajstić information content (AvgIpc) is 3.58. The van der Waals surface area contributed by atoms with Gasteiger partial charge in [0, 0.05) is 30.8 Å². The summed E-state index contributed by atoms with van der Waals surface area (Å²) in [4.78, 5) is 4.14. The standard InChI is InChI=1S/C29H32N4O4/c1-31-14-29-23-5-2-4-22(28-15-32-17-35-28)21(23)7-8-26(37-29)18-10-24(19-13-33-36-16-19)20-6-3-9-34-27(12-30)25(20)11-18/h2,4-5,10-11,13,15-17,26-27,29,31H,3,6-9,12,14,30H2,1H3/t26?,27-,29+/m1/s1. The van der Waals surface area contributed by atoms with Gasteiger partial charge in [0.25, 0.3) is 0 Å². The molecule has 0 spiro atoms. The highest BCUT2D eigenvalue weighted by atomic mass is 16.5. The van der Waals surface area contributed by atoms with Crippen molar-refractivity contribution in [1.29, 1.82) is 0 Å². The first kappa shape index (κ1) is 24.1. The minimum Gasteiger partial charge on any atom is -0.444 e. The Balaban J connectivity index is 1.44. The minimum absolute atomic E-state index is 0.112. The van der Waals surface area contributed by atoms with Crippen LogP contribution < -0.4 is 11.1 Å². The van der Waals surface area contributed by atoms with E-state index in [1.165, 1.54) is 23.1 Å². The molecule has 2 aliphatic heterocycles. The molecule has 0 saturated carbocycles. The Morgan fingerprint density at radius 3 is 2.76 bits per heavy atom. The number of fused-ring (bicyclic) bond motifs is 2. The predicted octanol–water partition coefficient (Wildman–Crippen LogP) is 4.92. The third-order valence-corrected chi connectivity index (χ3v) is 7.50. The Labute approximate surface area is 216 Å². The van der Waals surface area contributed by atoms with Crippen LogP contribution in [0.1, 0.15) is 59.0 Å². The van der Waals surface area contributed by atoms with E-state index in [-0.39, 0.29) is 18.3 Å². The fraction of sp³-hybridized carbons (Fsp3) is 0.379. The molecule has 8 heteroatoms. The van der Waals surface area contributed by atoms with Crippen molar-refractivity contribution in [2.75, 3.05) is 26.7 Å². The van der Waals surface area contributed by atoms with Gasteiger partial charge in [-0.25, -0.2) is 4.98 Å². The van der Waals surface area contributed by atoms with E-state index in [9.17, 15) is 0 Å². The molecular formula is C29H32N4O4. The van der Waals surface area contributed by atoms with Crippen molar-refractivity contribution in [1.82, 2.24) is 15.5 Å². The highest BCUT2D eigenvalue weighted by molar-refractivity contribution is 5.69. The van der Waals surface area contributed by atoms with Gasteiger partial charge in [0.15, 0.2) is 12.2 Å². The number of ether oxygens (including phenoxy) is 2. The van der Waals surface area contributed by atoms with Crippen LogP contribution in [0.3, 0.4) is 0 Å². The van der Waals surface area contributed by atoms with E-state index in [2.05, 4.69) is 45.8 Å². The van der Waals surface area contributed by atoms with Crippen LogP contribution in [0.5, 0.6) is 0 Å². The second kappa shape index (κ2) is 10.6. The number of hydrogen-bond acceptors (Lipinski definition) is 8. The molecule has 0 fully saturated rings. The molecule has 0 amide bonds. The molecule has 2 aromatic heterocycles. The van der Waals surface area contributed by atoms with Gasteiger partial charge in [-0.05, 0) is 72.2 Å². The van der Waals surface area contributed by atoms with E-state index >= 15 is 0 Å². The van der Waals surface area contributed by atoms with E-state index in [1.54, 1.807) is 18.7 Å². The Morgan fingerprint density at radius 2 is 1.97 bits per heavy atom. The van der Waals surface area contributed by atoms with Crippen molar-refractivity contribution in [2.24, 2.45) is 5.73 Å². The number of hydrogen-bond donors (Lipinski definition) is 2.